The SMILES string of the molecule is FCF.Nc1nc(=O)n(C2CC(F)C(CO)O2)cc1F. The van der Waals surface area contributed by atoms with Crippen LogP contribution < -0.4 is 11.4 Å². The monoisotopic (exact) mass is 299 g/mol. The molecule has 10 heteroatoms. The van der Waals surface area contributed by atoms with Crippen LogP contribution in [0.15, 0.2) is 11.0 Å². The summed E-state index contributed by atoms with van der Waals surface area (Å²) in [6, 6.07) is 0. The Labute approximate surface area is 110 Å². The summed E-state index contributed by atoms with van der Waals surface area (Å²) in [4.78, 5) is 14.7. The van der Waals surface area contributed by atoms with Crippen molar-refractivity contribution in [1.29, 1.82) is 0 Å². The number of ether oxygens (including phenoxy) is 1. The van der Waals surface area contributed by atoms with Gasteiger partial charge in [0.05, 0.1) is 12.8 Å². The second-order valence-corrected chi connectivity index (χ2v) is 3.83. The second-order valence-electron chi connectivity index (χ2n) is 3.83. The molecular formula is C10H13F4N3O3. The lowest BCUT2D eigenvalue weighted by molar-refractivity contribution is -0.0358. The maximum absolute atomic E-state index is 13.3. The van der Waals surface area contributed by atoms with Crippen molar-refractivity contribution in [2.24, 2.45) is 0 Å². The van der Waals surface area contributed by atoms with Crippen LogP contribution in [0.25, 0.3) is 0 Å². The molecule has 20 heavy (non-hydrogen) atoms. The molecule has 3 N–H and O–H groups in total. The van der Waals surface area contributed by atoms with Gasteiger partial charge < -0.3 is 15.6 Å². The molecule has 0 saturated carbocycles. The highest BCUT2D eigenvalue weighted by Crippen LogP contribution is 2.29. The van der Waals surface area contributed by atoms with Gasteiger partial charge in [-0.2, -0.15) is 4.98 Å². The Morgan fingerprint density at radius 1 is 1.55 bits per heavy atom. The third kappa shape index (κ3) is 3.67. The Morgan fingerprint density at radius 2 is 2.15 bits per heavy atom. The van der Waals surface area contributed by atoms with Crippen LogP contribution in [-0.4, -0.2) is 40.5 Å². The van der Waals surface area contributed by atoms with Crippen molar-refractivity contribution in [2.45, 2.75) is 24.9 Å². The number of nitrogens with two attached hydrogens (primary N) is 1. The molecule has 0 amide bonds. The average molecular weight is 299 g/mol. The summed E-state index contributed by atoms with van der Waals surface area (Å²) < 4.78 is 51.6. The van der Waals surface area contributed by atoms with Crippen LogP contribution in [0.4, 0.5) is 23.4 Å². The maximum Gasteiger partial charge on any atom is 0.351 e. The standard InChI is InChI=1S/C9H11F2N3O3.CH2F2/c10-4-1-7(17-6(4)3-15)14-2-5(11)8(12)13-9(14)16;2-1-3/h2,4,6-7,15H,1,3H2,(H2,12,13,16);1H2. The zero-order chi connectivity index (χ0) is 15.3. The number of hydrogen-bond acceptors (Lipinski definition) is 5. The van der Waals surface area contributed by atoms with Crippen molar-refractivity contribution in [3.63, 3.8) is 0 Å². The van der Waals surface area contributed by atoms with Crippen LogP contribution in [0.2, 0.25) is 0 Å². The van der Waals surface area contributed by atoms with Gasteiger partial charge in [0.1, 0.15) is 18.5 Å². The summed E-state index contributed by atoms with van der Waals surface area (Å²) in [5.74, 6) is -1.39. The topological polar surface area (TPSA) is 90.4 Å². The van der Waals surface area contributed by atoms with E-state index in [0.717, 1.165) is 10.8 Å². The molecule has 1 fully saturated rings. The highest BCUT2D eigenvalue weighted by Gasteiger charge is 2.36. The summed E-state index contributed by atoms with van der Waals surface area (Å²) in [7, 11) is 0. The van der Waals surface area contributed by atoms with Gasteiger partial charge >= 0.3 is 5.69 Å². The fraction of sp³-hybridized carbons (Fsp3) is 0.600. The van der Waals surface area contributed by atoms with Crippen molar-refractivity contribution in [2.75, 3.05) is 19.3 Å². The molecule has 1 aliphatic rings. The first kappa shape index (κ1) is 16.4. The molecule has 0 bridgehead atoms. The smallest absolute Gasteiger partial charge is 0.351 e. The van der Waals surface area contributed by atoms with E-state index in [1.54, 1.807) is 0 Å². The van der Waals surface area contributed by atoms with E-state index in [1.165, 1.54) is 0 Å². The van der Waals surface area contributed by atoms with Gasteiger partial charge in [-0.3, -0.25) is 4.57 Å². The number of aliphatic hydroxyl groups is 1. The van der Waals surface area contributed by atoms with E-state index >= 15 is 0 Å². The molecule has 0 radical (unpaired) electrons. The number of hydrogen-bond donors (Lipinski definition) is 2. The van der Waals surface area contributed by atoms with Crippen LogP contribution in [0.1, 0.15) is 12.6 Å². The summed E-state index contributed by atoms with van der Waals surface area (Å²) in [6.07, 6.45) is -2.71. The first-order chi connectivity index (χ1) is 9.44. The molecule has 1 aromatic heterocycles. The van der Waals surface area contributed by atoms with Crippen molar-refractivity contribution in [3.8, 4) is 0 Å². The molecule has 1 aromatic rings. The third-order valence-electron chi connectivity index (χ3n) is 2.59. The summed E-state index contributed by atoms with van der Waals surface area (Å²) in [5, 5.41) is 8.81. The maximum atomic E-state index is 13.3. The quantitative estimate of drug-likeness (QED) is 0.775. The van der Waals surface area contributed by atoms with Crippen molar-refractivity contribution in [1.82, 2.24) is 9.55 Å². The molecule has 2 rings (SSSR count). The number of nitrogens with zero attached hydrogens (tertiary/aromatic N) is 2. The van der Waals surface area contributed by atoms with Gasteiger partial charge in [-0.25, -0.2) is 22.4 Å². The minimum absolute atomic E-state index is 0.143. The van der Waals surface area contributed by atoms with Crippen molar-refractivity contribution < 1.29 is 27.4 Å². The Hall–Kier alpha value is -1.68. The summed E-state index contributed by atoms with van der Waals surface area (Å²) in [6.45, 7) is -2.25. The van der Waals surface area contributed by atoms with E-state index in [-0.39, 0.29) is 6.42 Å². The number of aliphatic hydroxyl groups excluding tert-OH is 1. The third-order valence-corrected chi connectivity index (χ3v) is 2.59. The van der Waals surface area contributed by atoms with E-state index in [0.29, 0.717) is 0 Å². The van der Waals surface area contributed by atoms with E-state index in [4.69, 9.17) is 15.6 Å². The Bertz CT molecular complexity index is 499. The second kappa shape index (κ2) is 7.20. The lowest BCUT2D eigenvalue weighted by Crippen LogP contribution is -2.29. The number of halogens is 4. The summed E-state index contributed by atoms with van der Waals surface area (Å²) in [5.41, 5.74) is 4.29. The van der Waals surface area contributed by atoms with Gasteiger partial charge in [0.2, 0.25) is 6.93 Å². The summed E-state index contributed by atoms with van der Waals surface area (Å²) >= 11 is 0. The first-order valence-corrected chi connectivity index (χ1v) is 5.51. The molecule has 0 aliphatic carbocycles. The fourth-order valence-corrected chi connectivity index (χ4v) is 1.69. The van der Waals surface area contributed by atoms with Crippen LogP contribution in [0.5, 0.6) is 0 Å². The zero-order valence-electron chi connectivity index (χ0n) is 10.2. The van der Waals surface area contributed by atoms with Gasteiger partial charge in [0, 0.05) is 6.42 Å². The van der Waals surface area contributed by atoms with Gasteiger partial charge in [0.25, 0.3) is 0 Å². The number of aromatic nitrogens is 2. The fourth-order valence-electron chi connectivity index (χ4n) is 1.69. The molecule has 6 nitrogen and oxygen atoms in total. The van der Waals surface area contributed by atoms with Gasteiger partial charge in [0.15, 0.2) is 11.6 Å². The molecular weight excluding hydrogens is 286 g/mol. The first-order valence-electron chi connectivity index (χ1n) is 5.51. The minimum Gasteiger partial charge on any atom is -0.394 e. The largest absolute Gasteiger partial charge is 0.394 e. The van der Waals surface area contributed by atoms with Gasteiger partial charge in [-0.15, -0.1) is 0 Å². The van der Waals surface area contributed by atoms with E-state index in [9.17, 15) is 22.4 Å². The normalized spacial score (nSPS) is 25.1. The predicted molar refractivity (Wildman–Crippen MR) is 60.5 cm³/mol. The average Bonchev–Trinajstić information content (AvgIpc) is 2.76. The van der Waals surface area contributed by atoms with Crippen LogP contribution in [-0.2, 0) is 4.74 Å². The molecule has 1 aliphatic heterocycles. The molecule has 0 spiro atoms. The lowest BCUT2D eigenvalue weighted by Gasteiger charge is -2.14. The van der Waals surface area contributed by atoms with Crippen LogP contribution >= 0.6 is 0 Å². The van der Waals surface area contributed by atoms with Crippen molar-refractivity contribution in [3.05, 3.63) is 22.5 Å². The van der Waals surface area contributed by atoms with E-state index in [1.807, 2.05) is 0 Å². The minimum atomic E-state index is -1.75. The molecule has 3 atom stereocenters. The van der Waals surface area contributed by atoms with Crippen LogP contribution in [0.3, 0.4) is 0 Å². The van der Waals surface area contributed by atoms with Crippen molar-refractivity contribution >= 4 is 5.82 Å². The molecule has 0 aromatic carbocycles. The van der Waals surface area contributed by atoms with Crippen LogP contribution in [0, 0.1) is 5.82 Å². The molecule has 3 unspecified atom stereocenters. The van der Waals surface area contributed by atoms with Gasteiger partial charge in [-0.05, 0) is 0 Å². The van der Waals surface area contributed by atoms with Gasteiger partial charge in [-0.1, -0.05) is 0 Å². The Kier molecular flexibility index (Phi) is 5.89. The number of nitrogen functional groups attached to an aromatic ring is 1. The molecule has 1 saturated heterocycles. The number of rotatable bonds is 2. The zero-order valence-corrected chi connectivity index (χ0v) is 10.2. The Balaban J connectivity index is 0.000000612. The highest BCUT2D eigenvalue weighted by atomic mass is 19.3. The Morgan fingerprint density at radius 3 is 2.65 bits per heavy atom. The van der Waals surface area contributed by atoms with E-state index < -0.39 is 49.4 Å². The molecule has 2 heterocycles. The predicted octanol–water partition coefficient (Wildman–Crippen LogP) is 0.465. The number of alkyl halides is 3. The lowest BCUT2D eigenvalue weighted by atomic mass is 10.2. The highest BCUT2D eigenvalue weighted by molar-refractivity contribution is 5.26. The van der Waals surface area contributed by atoms with E-state index in [2.05, 4.69) is 4.98 Å². The molecule has 114 valence electrons. The number of anilines is 1.